The molecule has 28 heavy (non-hydrogen) atoms. The summed E-state index contributed by atoms with van der Waals surface area (Å²) < 4.78 is 6.96. The number of methoxy groups -OCH3 is 1. The second-order valence-electron chi connectivity index (χ2n) is 5.75. The molecule has 8 nitrogen and oxygen atoms in total. The highest BCUT2D eigenvalue weighted by Crippen LogP contribution is 2.24. The summed E-state index contributed by atoms with van der Waals surface area (Å²) in [6, 6.07) is 9.68. The number of hydrogen-bond acceptors (Lipinski definition) is 7. The molecule has 2 heterocycles. The first-order chi connectivity index (χ1) is 13.4. The third kappa shape index (κ3) is 4.12. The number of amides is 1. The van der Waals surface area contributed by atoms with Crippen LogP contribution in [0, 0.1) is 11.7 Å². The van der Waals surface area contributed by atoms with E-state index in [1.54, 1.807) is 6.92 Å². The van der Waals surface area contributed by atoms with Crippen LogP contribution in [-0.2, 0) is 14.3 Å². The number of amidine groups is 1. The molecular weight excluding hydrogens is 398 g/mol. The van der Waals surface area contributed by atoms with Crippen LogP contribution in [0.4, 0.5) is 0 Å². The highest BCUT2D eigenvalue weighted by atomic mass is 32.2. The van der Waals surface area contributed by atoms with Crippen molar-refractivity contribution in [3.05, 3.63) is 57.5 Å². The molecule has 1 amide bonds. The average Bonchev–Trinajstić information content (AvgIpc) is 3.18. The van der Waals surface area contributed by atoms with Gasteiger partial charge in [-0.1, -0.05) is 18.2 Å². The first kappa shape index (κ1) is 19.8. The molecule has 1 aromatic carbocycles. The first-order valence-corrected chi connectivity index (χ1v) is 9.41. The van der Waals surface area contributed by atoms with E-state index in [4.69, 9.17) is 12.2 Å². The Kier molecular flexibility index (Phi) is 5.90. The lowest BCUT2D eigenvalue weighted by Crippen LogP contribution is -2.19. The second-order valence-corrected chi connectivity index (χ2v) is 7.17. The van der Waals surface area contributed by atoms with Gasteiger partial charge in [-0.05, 0) is 50.0 Å². The van der Waals surface area contributed by atoms with E-state index in [9.17, 15) is 9.59 Å². The molecule has 1 saturated heterocycles. The van der Waals surface area contributed by atoms with Crippen molar-refractivity contribution in [2.75, 3.05) is 7.11 Å². The summed E-state index contributed by atoms with van der Waals surface area (Å²) in [5.41, 5.74) is 3.16. The van der Waals surface area contributed by atoms with E-state index in [1.165, 1.54) is 7.11 Å². The van der Waals surface area contributed by atoms with E-state index < -0.39 is 11.9 Å². The number of para-hydroxylation sites is 1. The van der Waals surface area contributed by atoms with Gasteiger partial charge in [0.1, 0.15) is 0 Å². The Morgan fingerprint density at radius 1 is 1.32 bits per heavy atom. The Morgan fingerprint density at radius 3 is 2.71 bits per heavy atom. The number of thioether (sulfide) groups is 1. The highest BCUT2D eigenvalue weighted by molar-refractivity contribution is 8.18. The van der Waals surface area contributed by atoms with Gasteiger partial charge in [-0.25, -0.2) is 4.79 Å². The lowest BCUT2D eigenvalue weighted by atomic mass is 10.2. The zero-order valence-electron chi connectivity index (χ0n) is 15.3. The van der Waals surface area contributed by atoms with Gasteiger partial charge in [0.25, 0.3) is 5.91 Å². The Balaban J connectivity index is 1.93. The molecule has 0 unspecified atom stereocenters. The van der Waals surface area contributed by atoms with Crippen molar-refractivity contribution in [2.24, 2.45) is 10.2 Å². The molecule has 2 aromatic rings. The van der Waals surface area contributed by atoms with E-state index in [0.717, 1.165) is 34.9 Å². The summed E-state index contributed by atoms with van der Waals surface area (Å²) in [4.78, 5) is 26.5. The number of aromatic nitrogens is 2. The van der Waals surface area contributed by atoms with Crippen molar-refractivity contribution < 1.29 is 14.3 Å². The fourth-order valence-electron chi connectivity index (χ4n) is 2.61. The topological polar surface area (TPSA) is 101 Å². The van der Waals surface area contributed by atoms with Crippen molar-refractivity contribution in [3.8, 4) is 5.69 Å². The number of rotatable bonds is 4. The normalized spacial score (nSPS) is 17.2. The van der Waals surface area contributed by atoms with Gasteiger partial charge in [0.15, 0.2) is 9.94 Å². The van der Waals surface area contributed by atoms with Crippen LogP contribution in [-0.4, -0.2) is 39.4 Å². The molecular formula is C18H17N5O3S2. The minimum absolute atomic E-state index is 0.198. The molecule has 0 bridgehead atoms. The molecule has 2 N–H and O–H groups in total. The molecule has 3 rings (SSSR count). The number of nitrogens with one attached hydrogen (secondary N) is 2. The van der Waals surface area contributed by atoms with Crippen molar-refractivity contribution in [1.29, 1.82) is 0 Å². The minimum atomic E-state index is -0.608. The van der Waals surface area contributed by atoms with Crippen molar-refractivity contribution >= 4 is 46.7 Å². The maximum absolute atomic E-state index is 11.9. The SMILES string of the molecule is COC(=O)/C=C1\S/C(=N\N=C(/C)c2c(C)[nH]c(=S)n2-c2ccccc2)NC1=O. The van der Waals surface area contributed by atoms with Gasteiger partial charge in [-0.15, -0.1) is 5.10 Å². The molecule has 0 radical (unpaired) electrons. The van der Waals surface area contributed by atoms with E-state index >= 15 is 0 Å². The number of carbonyl (C=O) groups excluding carboxylic acids is 2. The number of carbonyl (C=O) groups is 2. The average molecular weight is 416 g/mol. The predicted octanol–water partition coefficient (Wildman–Crippen LogP) is 2.84. The molecule has 1 aliphatic rings. The number of ether oxygens (including phenoxy) is 1. The fraction of sp³-hybridized carbons (Fsp3) is 0.167. The zero-order valence-corrected chi connectivity index (χ0v) is 17.0. The summed E-state index contributed by atoms with van der Waals surface area (Å²) >= 11 is 6.46. The Morgan fingerprint density at radius 2 is 2.04 bits per heavy atom. The Hall–Kier alpha value is -2.98. The third-order valence-corrected chi connectivity index (χ3v) is 5.01. The number of aromatic amines is 1. The number of hydrogen-bond donors (Lipinski definition) is 2. The maximum Gasteiger partial charge on any atom is 0.331 e. The van der Waals surface area contributed by atoms with E-state index in [2.05, 4.69) is 25.2 Å². The minimum Gasteiger partial charge on any atom is -0.466 e. The van der Waals surface area contributed by atoms with Crippen LogP contribution in [0.5, 0.6) is 0 Å². The van der Waals surface area contributed by atoms with Crippen LogP contribution < -0.4 is 5.32 Å². The van der Waals surface area contributed by atoms with Crippen LogP contribution in [0.15, 0.2) is 51.5 Å². The molecule has 0 atom stereocenters. The number of benzene rings is 1. The number of H-pyrrole nitrogens is 1. The Labute approximate surface area is 170 Å². The summed E-state index contributed by atoms with van der Waals surface area (Å²) in [5.74, 6) is -1.03. The number of esters is 1. The summed E-state index contributed by atoms with van der Waals surface area (Å²) in [6.07, 6.45) is 1.11. The number of imidazole rings is 1. The van der Waals surface area contributed by atoms with Gasteiger partial charge in [-0.2, -0.15) is 5.10 Å². The molecule has 0 saturated carbocycles. The van der Waals surface area contributed by atoms with Crippen molar-refractivity contribution in [3.63, 3.8) is 0 Å². The van der Waals surface area contributed by atoms with Crippen LogP contribution in [0.3, 0.4) is 0 Å². The van der Waals surface area contributed by atoms with Gasteiger partial charge < -0.3 is 9.72 Å². The third-order valence-electron chi connectivity index (χ3n) is 3.83. The number of nitrogens with zero attached hydrogens (tertiary/aromatic N) is 3. The van der Waals surface area contributed by atoms with Crippen molar-refractivity contribution in [2.45, 2.75) is 13.8 Å². The van der Waals surface area contributed by atoms with Crippen LogP contribution >= 0.6 is 24.0 Å². The van der Waals surface area contributed by atoms with Crippen molar-refractivity contribution in [1.82, 2.24) is 14.9 Å². The van der Waals surface area contributed by atoms with Gasteiger partial charge in [0.2, 0.25) is 0 Å². The smallest absolute Gasteiger partial charge is 0.331 e. The number of aryl methyl sites for hydroxylation is 1. The fourth-order valence-corrected chi connectivity index (χ4v) is 3.69. The molecule has 10 heteroatoms. The largest absolute Gasteiger partial charge is 0.466 e. The molecule has 0 spiro atoms. The van der Waals surface area contributed by atoms with Gasteiger partial charge in [-0.3, -0.25) is 14.7 Å². The zero-order chi connectivity index (χ0) is 20.3. The molecule has 144 valence electrons. The van der Waals surface area contributed by atoms with E-state index in [0.29, 0.717) is 10.5 Å². The van der Waals surface area contributed by atoms with Crippen LogP contribution in [0.2, 0.25) is 0 Å². The standard InChI is InChI=1S/C18H17N5O3S2/c1-10-15(23(18(27)19-10)12-7-5-4-6-8-12)11(2)21-22-17-20-16(25)13(28-17)9-14(24)26-3/h4-9H,1-3H3,(H,19,27)(H,20,22,25)/b13-9-,21-11+. The summed E-state index contributed by atoms with van der Waals surface area (Å²) in [5, 5.41) is 11.2. The van der Waals surface area contributed by atoms with E-state index in [-0.39, 0.29) is 10.1 Å². The van der Waals surface area contributed by atoms with Crippen LogP contribution in [0.1, 0.15) is 18.3 Å². The van der Waals surface area contributed by atoms with Gasteiger partial charge in [0.05, 0.1) is 23.4 Å². The maximum atomic E-state index is 11.9. The summed E-state index contributed by atoms with van der Waals surface area (Å²) in [7, 11) is 1.24. The van der Waals surface area contributed by atoms with Crippen LogP contribution in [0.25, 0.3) is 5.69 Å². The van der Waals surface area contributed by atoms with Gasteiger partial charge in [0, 0.05) is 17.5 Å². The Bertz CT molecular complexity index is 1080. The van der Waals surface area contributed by atoms with Gasteiger partial charge >= 0.3 is 5.97 Å². The second kappa shape index (κ2) is 8.36. The molecule has 1 aliphatic heterocycles. The lowest BCUT2D eigenvalue weighted by molar-refractivity contribution is -0.135. The van der Waals surface area contributed by atoms with E-state index in [1.807, 2.05) is 41.8 Å². The highest BCUT2D eigenvalue weighted by Gasteiger charge is 2.25. The quantitative estimate of drug-likeness (QED) is 0.263. The monoisotopic (exact) mass is 415 g/mol. The predicted molar refractivity (Wildman–Crippen MR) is 111 cm³/mol. The molecule has 1 fully saturated rings. The first-order valence-electron chi connectivity index (χ1n) is 8.19. The molecule has 1 aromatic heterocycles. The molecule has 0 aliphatic carbocycles. The summed E-state index contributed by atoms with van der Waals surface area (Å²) in [6.45, 7) is 3.71. The lowest BCUT2D eigenvalue weighted by Gasteiger charge is -2.08.